The van der Waals surface area contributed by atoms with Gasteiger partial charge in [-0.15, -0.1) is 0 Å². The Labute approximate surface area is 148 Å². The SMILES string of the molecule is Cc1cc(NC(=O)c2cncc(C(=O)Nc3cccc(C#N)c3)c2)no1. The fourth-order valence-electron chi connectivity index (χ4n) is 2.17. The predicted octanol–water partition coefficient (Wildman–Crippen LogP) is 2.75. The minimum atomic E-state index is -0.466. The highest BCUT2D eigenvalue weighted by molar-refractivity contribution is 6.08. The molecule has 0 unspecified atom stereocenters. The van der Waals surface area contributed by atoms with Crippen LogP contribution in [0.5, 0.6) is 0 Å². The summed E-state index contributed by atoms with van der Waals surface area (Å²) in [4.78, 5) is 28.5. The lowest BCUT2D eigenvalue weighted by molar-refractivity contribution is 0.102. The van der Waals surface area contributed by atoms with E-state index >= 15 is 0 Å². The lowest BCUT2D eigenvalue weighted by Crippen LogP contribution is -2.16. The van der Waals surface area contributed by atoms with Crippen molar-refractivity contribution in [2.45, 2.75) is 6.92 Å². The molecule has 3 rings (SSSR count). The molecule has 2 heterocycles. The summed E-state index contributed by atoms with van der Waals surface area (Å²) in [6.07, 6.45) is 2.69. The van der Waals surface area contributed by atoms with Crippen molar-refractivity contribution in [1.29, 1.82) is 5.26 Å². The van der Waals surface area contributed by atoms with Crippen molar-refractivity contribution in [2.24, 2.45) is 0 Å². The van der Waals surface area contributed by atoms with Gasteiger partial charge in [-0.1, -0.05) is 11.2 Å². The van der Waals surface area contributed by atoms with E-state index in [4.69, 9.17) is 9.78 Å². The maximum atomic E-state index is 12.4. The van der Waals surface area contributed by atoms with E-state index in [1.165, 1.54) is 18.5 Å². The van der Waals surface area contributed by atoms with Gasteiger partial charge in [-0.05, 0) is 31.2 Å². The van der Waals surface area contributed by atoms with E-state index in [9.17, 15) is 9.59 Å². The van der Waals surface area contributed by atoms with Crippen molar-refractivity contribution in [2.75, 3.05) is 10.6 Å². The summed E-state index contributed by atoms with van der Waals surface area (Å²) in [6.45, 7) is 1.70. The molecule has 2 N–H and O–H groups in total. The minimum Gasteiger partial charge on any atom is -0.360 e. The molecule has 8 nitrogen and oxygen atoms in total. The first-order valence-corrected chi connectivity index (χ1v) is 7.56. The van der Waals surface area contributed by atoms with Gasteiger partial charge in [0, 0.05) is 24.1 Å². The van der Waals surface area contributed by atoms with Gasteiger partial charge >= 0.3 is 0 Å². The first-order valence-electron chi connectivity index (χ1n) is 7.56. The Kier molecular flexibility index (Phi) is 4.71. The molecule has 0 aliphatic carbocycles. The number of nitriles is 1. The van der Waals surface area contributed by atoms with Crippen molar-refractivity contribution in [3.8, 4) is 6.07 Å². The van der Waals surface area contributed by atoms with Crippen LogP contribution in [0.1, 0.15) is 32.0 Å². The summed E-state index contributed by atoms with van der Waals surface area (Å²) in [5.41, 5.74) is 1.30. The molecule has 0 atom stereocenters. The monoisotopic (exact) mass is 347 g/mol. The molecule has 0 saturated heterocycles. The van der Waals surface area contributed by atoms with Gasteiger partial charge in [0.25, 0.3) is 11.8 Å². The fourth-order valence-corrected chi connectivity index (χ4v) is 2.17. The van der Waals surface area contributed by atoms with Crippen molar-refractivity contribution in [3.05, 3.63) is 71.2 Å². The number of aryl methyl sites for hydroxylation is 1. The van der Waals surface area contributed by atoms with Crippen LogP contribution in [0.15, 0.2) is 53.3 Å². The average Bonchev–Trinajstić information content (AvgIpc) is 3.06. The Hall–Kier alpha value is -3.99. The summed E-state index contributed by atoms with van der Waals surface area (Å²) in [5.74, 6) is -0.0757. The number of anilines is 2. The van der Waals surface area contributed by atoms with Crippen LogP contribution in [-0.4, -0.2) is 22.0 Å². The summed E-state index contributed by atoms with van der Waals surface area (Å²) in [6, 6.07) is 11.5. The van der Waals surface area contributed by atoms with Gasteiger partial charge in [0.15, 0.2) is 5.82 Å². The van der Waals surface area contributed by atoms with Gasteiger partial charge in [-0.2, -0.15) is 5.26 Å². The second-order valence-corrected chi connectivity index (χ2v) is 5.39. The smallest absolute Gasteiger partial charge is 0.258 e. The first-order chi connectivity index (χ1) is 12.5. The second kappa shape index (κ2) is 7.27. The molecule has 1 aromatic carbocycles. The Bertz CT molecular complexity index is 1020. The molecule has 0 aliphatic heterocycles. The zero-order valence-corrected chi connectivity index (χ0v) is 13.7. The Morgan fingerprint density at radius 2 is 1.81 bits per heavy atom. The maximum Gasteiger partial charge on any atom is 0.258 e. The van der Waals surface area contributed by atoms with Gasteiger partial charge in [-0.3, -0.25) is 14.6 Å². The normalized spacial score (nSPS) is 10.0. The standard InChI is InChI=1S/C18H13N5O3/c1-11-5-16(23-26-11)22-18(25)14-7-13(9-20-10-14)17(24)21-15-4-2-3-12(6-15)8-19/h2-7,9-10H,1H3,(H,21,24)(H,22,23,25). The van der Waals surface area contributed by atoms with E-state index in [1.54, 1.807) is 37.3 Å². The topological polar surface area (TPSA) is 121 Å². The van der Waals surface area contributed by atoms with Gasteiger partial charge < -0.3 is 15.2 Å². The highest BCUT2D eigenvalue weighted by Gasteiger charge is 2.13. The van der Waals surface area contributed by atoms with E-state index < -0.39 is 11.8 Å². The van der Waals surface area contributed by atoms with E-state index in [2.05, 4.69) is 20.8 Å². The summed E-state index contributed by atoms with van der Waals surface area (Å²) >= 11 is 0. The van der Waals surface area contributed by atoms with Crippen molar-refractivity contribution in [1.82, 2.24) is 10.1 Å². The number of pyridine rings is 1. The molecule has 2 aromatic heterocycles. The molecule has 0 saturated carbocycles. The van der Waals surface area contributed by atoms with Crippen molar-refractivity contribution < 1.29 is 14.1 Å². The number of carbonyl (C=O) groups is 2. The maximum absolute atomic E-state index is 12.4. The number of carbonyl (C=O) groups excluding carboxylic acids is 2. The summed E-state index contributed by atoms with van der Waals surface area (Å²) in [5, 5.41) is 17.8. The van der Waals surface area contributed by atoms with Crippen LogP contribution < -0.4 is 10.6 Å². The fraction of sp³-hybridized carbons (Fsp3) is 0.0556. The quantitative estimate of drug-likeness (QED) is 0.748. The second-order valence-electron chi connectivity index (χ2n) is 5.39. The lowest BCUT2D eigenvalue weighted by atomic mass is 10.1. The Morgan fingerprint density at radius 3 is 2.46 bits per heavy atom. The zero-order chi connectivity index (χ0) is 18.5. The largest absolute Gasteiger partial charge is 0.360 e. The number of aromatic nitrogens is 2. The minimum absolute atomic E-state index is 0.198. The zero-order valence-electron chi connectivity index (χ0n) is 13.7. The molecular weight excluding hydrogens is 334 g/mol. The number of hydrogen-bond donors (Lipinski definition) is 2. The molecule has 0 fully saturated rings. The highest BCUT2D eigenvalue weighted by Crippen LogP contribution is 2.13. The predicted molar refractivity (Wildman–Crippen MR) is 92.5 cm³/mol. The molecular formula is C18H13N5O3. The highest BCUT2D eigenvalue weighted by atomic mass is 16.5. The van der Waals surface area contributed by atoms with Crippen molar-refractivity contribution in [3.63, 3.8) is 0 Å². The van der Waals surface area contributed by atoms with Crippen LogP contribution in [0.2, 0.25) is 0 Å². The van der Waals surface area contributed by atoms with Gasteiger partial charge in [0.2, 0.25) is 0 Å². The van der Waals surface area contributed by atoms with Crippen LogP contribution in [0.25, 0.3) is 0 Å². The Balaban J connectivity index is 1.74. The summed E-state index contributed by atoms with van der Waals surface area (Å²) in [7, 11) is 0. The molecule has 0 aliphatic rings. The lowest BCUT2D eigenvalue weighted by Gasteiger charge is -2.07. The number of benzene rings is 1. The van der Waals surface area contributed by atoms with Crippen molar-refractivity contribution >= 4 is 23.3 Å². The third-order valence-electron chi connectivity index (χ3n) is 3.38. The van der Waals surface area contributed by atoms with Crippen LogP contribution in [0, 0.1) is 18.3 Å². The van der Waals surface area contributed by atoms with Crippen LogP contribution in [0.4, 0.5) is 11.5 Å². The van der Waals surface area contributed by atoms with Gasteiger partial charge in [0.1, 0.15) is 5.76 Å². The van der Waals surface area contributed by atoms with Gasteiger partial charge in [-0.25, -0.2) is 0 Å². The molecule has 3 aromatic rings. The van der Waals surface area contributed by atoms with E-state index in [1.807, 2.05) is 6.07 Å². The van der Waals surface area contributed by atoms with E-state index in [0.29, 0.717) is 17.0 Å². The van der Waals surface area contributed by atoms with Gasteiger partial charge in [0.05, 0.1) is 22.8 Å². The molecule has 2 amide bonds. The Morgan fingerprint density at radius 1 is 1.08 bits per heavy atom. The number of nitrogens with one attached hydrogen (secondary N) is 2. The summed E-state index contributed by atoms with van der Waals surface area (Å²) < 4.78 is 4.88. The average molecular weight is 347 g/mol. The molecule has 0 radical (unpaired) electrons. The third-order valence-corrected chi connectivity index (χ3v) is 3.38. The third kappa shape index (κ3) is 3.91. The molecule has 0 spiro atoms. The first kappa shape index (κ1) is 16.9. The number of rotatable bonds is 4. The van der Waals surface area contributed by atoms with E-state index in [-0.39, 0.29) is 16.9 Å². The number of amides is 2. The van der Waals surface area contributed by atoms with Crippen LogP contribution in [0.3, 0.4) is 0 Å². The number of nitrogens with zero attached hydrogens (tertiary/aromatic N) is 3. The molecule has 8 heteroatoms. The number of hydrogen-bond acceptors (Lipinski definition) is 6. The molecule has 128 valence electrons. The van der Waals surface area contributed by atoms with Crippen LogP contribution in [-0.2, 0) is 0 Å². The van der Waals surface area contributed by atoms with Crippen LogP contribution >= 0.6 is 0 Å². The molecule has 26 heavy (non-hydrogen) atoms. The van der Waals surface area contributed by atoms with E-state index in [0.717, 1.165) is 0 Å². The molecule has 0 bridgehead atoms.